The Hall–Kier alpha value is -2.27. The second-order valence-corrected chi connectivity index (χ2v) is 4.53. The number of amides is 1. The van der Waals surface area contributed by atoms with E-state index in [4.69, 9.17) is 16.3 Å². The minimum Gasteiger partial charge on any atom is -0.495 e. The predicted molar refractivity (Wildman–Crippen MR) is 78.9 cm³/mol. The first-order valence-electron chi connectivity index (χ1n) is 5.90. The maximum Gasteiger partial charge on any atom is 0.248 e. The molecule has 0 aliphatic heterocycles. The van der Waals surface area contributed by atoms with Crippen molar-refractivity contribution in [2.75, 3.05) is 12.4 Å². The minimum atomic E-state index is -0.241. The van der Waals surface area contributed by atoms with Crippen LogP contribution in [0.2, 0.25) is 5.02 Å². The zero-order chi connectivity index (χ0) is 14.5. The number of halogens is 1. The van der Waals surface area contributed by atoms with E-state index < -0.39 is 0 Å². The number of methoxy groups -OCH3 is 1. The number of carbonyl (C=O) groups is 1. The van der Waals surface area contributed by atoms with Gasteiger partial charge >= 0.3 is 0 Å². The number of nitrogens with one attached hydrogen (secondary N) is 1. The van der Waals surface area contributed by atoms with Gasteiger partial charge in [-0.3, -0.25) is 9.48 Å². The molecule has 1 heterocycles. The molecule has 0 radical (unpaired) electrons. The molecule has 0 saturated carbocycles. The maximum atomic E-state index is 11.8. The van der Waals surface area contributed by atoms with Crippen LogP contribution in [0, 0.1) is 0 Å². The third-order valence-electron chi connectivity index (χ3n) is 2.57. The molecule has 0 atom stereocenters. The number of anilines is 1. The lowest BCUT2D eigenvalue weighted by atomic mass is 10.3. The van der Waals surface area contributed by atoms with E-state index in [9.17, 15) is 4.79 Å². The van der Waals surface area contributed by atoms with E-state index in [1.807, 2.05) is 13.2 Å². The van der Waals surface area contributed by atoms with Gasteiger partial charge in [0.15, 0.2) is 0 Å². The molecular weight excluding hydrogens is 278 g/mol. The topological polar surface area (TPSA) is 56.1 Å². The highest BCUT2D eigenvalue weighted by Gasteiger charge is 2.03. The lowest BCUT2D eigenvalue weighted by molar-refractivity contribution is -0.111. The number of carbonyl (C=O) groups excluding carboxylic acids is 1. The highest BCUT2D eigenvalue weighted by molar-refractivity contribution is 6.32. The van der Waals surface area contributed by atoms with Crippen LogP contribution in [-0.2, 0) is 11.8 Å². The largest absolute Gasteiger partial charge is 0.495 e. The van der Waals surface area contributed by atoms with Crippen LogP contribution in [0.3, 0.4) is 0 Å². The molecule has 1 amide bonds. The normalized spacial score (nSPS) is 10.8. The van der Waals surface area contributed by atoms with Crippen molar-refractivity contribution in [1.82, 2.24) is 9.78 Å². The second kappa shape index (κ2) is 6.25. The Balaban J connectivity index is 2.01. The van der Waals surface area contributed by atoms with Gasteiger partial charge in [-0.2, -0.15) is 5.10 Å². The minimum absolute atomic E-state index is 0.241. The fraction of sp³-hybridized carbons (Fsp3) is 0.143. The van der Waals surface area contributed by atoms with Crippen molar-refractivity contribution in [3.63, 3.8) is 0 Å². The summed E-state index contributed by atoms with van der Waals surface area (Å²) in [5, 5.41) is 7.18. The summed E-state index contributed by atoms with van der Waals surface area (Å²) in [4.78, 5) is 11.8. The van der Waals surface area contributed by atoms with E-state index in [0.717, 1.165) is 5.56 Å². The lowest BCUT2D eigenvalue weighted by Crippen LogP contribution is -2.07. The number of benzene rings is 1. The molecule has 20 heavy (non-hydrogen) atoms. The Bertz CT molecular complexity index is 650. The second-order valence-electron chi connectivity index (χ2n) is 4.12. The number of hydrogen-bond acceptors (Lipinski definition) is 3. The van der Waals surface area contributed by atoms with Gasteiger partial charge in [-0.15, -0.1) is 0 Å². The molecule has 0 aliphatic rings. The van der Waals surface area contributed by atoms with Gasteiger partial charge in [0.2, 0.25) is 5.91 Å². The third kappa shape index (κ3) is 3.61. The van der Waals surface area contributed by atoms with E-state index in [1.54, 1.807) is 35.2 Å². The summed E-state index contributed by atoms with van der Waals surface area (Å²) in [6, 6.07) is 5.06. The van der Waals surface area contributed by atoms with E-state index in [1.165, 1.54) is 13.2 Å². The molecule has 0 spiro atoms. The van der Waals surface area contributed by atoms with Crippen LogP contribution in [0.4, 0.5) is 5.69 Å². The summed E-state index contributed by atoms with van der Waals surface area (Å²) in [6.07, 6.45) is 6.62. The smallest absolute Gasteiger partial charge is 0.248 e. The highest BCUT2D eigenvalue weighted by atomic mass is 35.5. The SMILES string of the molecule is COc1ccc(NC(=O)/C=C/c2cnn(C)c2)cc1Cl. The summed E-state index contributed by atoms with van der Waals surface area (Å²) in [5.41, 5.74) is 1.46. The Kier molecular flexibility index (Phi) is 4.42. The third-order valence-corrected chi connectivity index (χ3v) is 2.87. The van der Waals surface area contributed by atoms with Crippen LogP contribution in [0.15, 0.2) is 36.7 Å². The molecule has 0 aliphatic carbocycles. The van der Waals surface area contributed by atoms with Crippen molar-refractivity contribution >= 4 is 29.3 Å². The molecule has 0 fully saturated rings. The van der Waals surface area contributed by atoms with Crippen LogP contribution < -0.4 is 10.1 Å². The molecule has 0 unspecified atom stereocenters. The molecule has 5 nitrogen and oxygen atoms in total. The average molecular weight is 292 g/mol. The maximum absolute atomic E-state index is 11.8. The first kappa shape index (κ1) is 14.1. The van der Waals surface area contributed by atoms with Gasteiger partial charge in [0.05, 0.1) is 18.3 Å². The Labute approximate surface area is 121 Å². The standard InChI is InChI=1S/C14H14ClN3O2/c1-18-9-10(8-16-18)3-6-14(19)17-11-4-5-13(20-2)12(15)7-11/h3-9H,1-2H3,(H,17,19)/b6-3+. The number of nitrogens with zero attached hydrogens (tertiary/aromatic N) is 2. The summed E-state index contributed by atoms with van der Waals surface area (Å²) in [6.45, 7) is 0. The molecule has 1 aromatic carbocycles. The van der Waals surface area contributed by atoms with Crippen LogP contribution in [-0.4, -0.2) is 22.8 Å². The van der Waals surface area contributed by atoms with Crippen molar-refractivity contribution < 1.29 is 9.53 Å². The molecule has 0 bridgehead atoms. The van der Waals surface area contributed by atoms with E-state index in [-0.39, 0.29) is 5.91 Å². The summed E-state index contributed by atoms with van der Waals surface area (Å²) < 4.78 is 6.71. The first-order chi connectivity index (χ1) is 9.58. The fourth-order valence-electron chi connectivity index (χ4n) is 1.63. The van der Waals surface area contributed by atoms with Crippen molar-refractivity contribution in [3.8, 4) is 5.75 Å². The molecule has 0 saturated heterocycles. The van der Waals surface area contributed by atoms with Crippen LogP contribution >= 0.6 is 11.6 Å². The number of aryl methyl sites for hydroxylation is 1. The number of rotatable bonds is 4. The van der Waals surface area contributed by atoms with Crippen LogP contribution in [0.1, 0.15) is 5.56 Å². The zero-order valence-electron chi connectivity index (χ0n) is 11.1. The highest BCUT2D eigenvalue weighted by Crippen LogP contribution is 2.27. The molecule has 2 rings (SSSR count). The van der Waals surface area contributed by atoms with Crippen molar-refractivity contribution in [2.24, 2.45) is 7.05 Å². The van der Waals surface area contributed by atoms with Crippen LogP contribution in [0.25, 0.3) is 6.08 Å². The quantitative estimate of drug-likeness (QED) is 0.881. The molecule has 1 N–H and O–H groups in total. The summed E-state index contributed by atoms with van der Waals surface area (Å²) in [7, 11) is 3.35. The van der Waals surface area contributed by atoms with E-state index in [2.05, 4.69) is 10.4 Å². The zero-order valence-corrected chi connectivity index (χ0v) is 11.9. The molecule has 104 valence electrons. The fourth-order valence-corrected chi connectivity index (χ4v) is 1.88. The van der Waals surface area contributed by atoms with Crippen molar-refractivity contribution in [2.45, 2.75) is 0 Å². The molecule has 2 aromatic rings. The molecular formula is C14H14ClN3O2. The Morgan fingerprint density at radius 1 is 1.50 bits per heavy atom. The Morgan fingerprint density at radius 2 is 2.30 bits per heavy atom. The number of ether oxygens (including phenoxy) is 1. The lowest BCUT2D eigenvalue weighted by Gasteiger charge is -2.06. The van der Waals surface area contributed by atoms with Gasteiger partial charge < -0.3 is 10.1 Å². The van der Waals surface area contributed by atoms with Gasteiger partial charge in [-0.25, -0.2) is 0 Å². The number of aromatic nitrogens is 2. The summed E-state index contributed by atoms with van der Waals surface area (Å²) >= 11 is 5.98. The van der Waals surface area contributed by atoms with Crippen molar-refractivity contribution in [3.05, 3.63) is 47.3 Å². The van der Waals surface area contributed by atoms with E-state index >= 15 is 0 Å². The Morgan fingerprint density at radius 3 is 2.90 bits per heavy atom. The molecule has 6 heteroatoms. The van der Waals surface area contributed by atoms with Gasteiger partial charge in [0.1, 0.15) is 5.75 Å². The average Bonchev–Trinajstić information content (AvgIpc) is 2.82. The van der Waals surface area contributed by atoms with Gasteiger partial charge in [-0.1, -0.05) is 11.6 Å². The van der Waals surface area contributed by atoms with Crippen molar-refractivity contribution in [1.29, 1.82) is 0 Å². The predicted octanol–water partition coefficient (Wildman–Crippen LogP) is 2.73. The monoisotopic (exact) mass is 291 g/mol. The van der Waals surface area contributed by atoms with Gasteiger partial charge in [0.25, 0.3) is 0 Å². The van der Waals surface area contributed by atoms with E-state index in [0.29, 0.717) is 16.5 Å². The van der Waals surface area contributed by atoms with Gasteiger partial charge in [0, 0.05) is 30.6 Å². The summed E-state index contributed by atoms with van der Waals surface area (Å²) in [5.74, 6) is 0.325. The van der Waals surface area contributed by atoms with Gasteiger partial charge in [-0.05, 0) is 24.3 Å². The number of hydrogen-bond donors (Lipinski definition) is 1. The first-order valence-corrected chi connectivity index (χ1v) is 6.27. The van der Waals surface area contributed by atoms with Crippen LogP contribution in [0.5, 0.6) is 5.75 Å². The molecule has 1 aromatic heterocycles.